The van der Waals surface area contributed by atoms with Gasteiger partial charge in [0.25, 0.3) is 0 Å². The lowest BCUT2D eigenvalue weighted by molar-refractivity contribution is -0.137. The van der Waals surface area contributed by atoms with Crippen molar-refractivity contribution in [2.75, 3.05) is 6.61 Å². The van der Waals surface area contributed by atoms with Gasteiger partial charge in [-0.2, -0.15) is 0 Å². The first-order valence-corrected chi connectivity index (χ1v) is 7.18. The van der Waals surface area contributed by atoms with Crippen LogP contribution in [-0.4, -0.2) is 17.7 Å². The molecule has 1 atom stereocenters. The monoisotopic (exact) mass is 262 g/mol. The number of benzene rings is 1. The Morgan fingerprint density at radius 2 is 2.26 bits per heavy atom. The molecule has 104 valence electrons. The first kappa shape index (κ1) is 13.9. The highest BCUT2D eigenvalue weighted by Gasteiger charge is 2.24. The molecule has 0 aromatic heterocycles. The normalized spacial score (nSPS) is 17.2. The fourth-order valence-electron chi connectivity index (χ4n) is 2.72. The van der Waals surface area contributed by atoms with E-state index < -0.39 is 5.97 Å². The van der Waals surface area contributed by atoms with E-state index in [1.165, 1.54) is 24.0 Å². The summed E-state index contributed by atoms with van der Waals surface area (Å²) in [5, 5.41) is 8.94. The highest BCUT2D eigenvalue weighted by molar-refractivity contribution is 5.68. The van der Waals surface area contributed by atoms with Crippen molar-refractivity contribution in [3.05, 3.63) is 29.3 Å². The third-order valence-electron chi connectivity index (χ3n) is 3.76. The third kappa shape index (κ3) is 3.72. The summed E-state index contributed by atoms with van der Waals surface area (Å²) in [4.78, 5) is 10.9. The molecule has 0 spiro atoms. The number of rotatable bonds is 7. The Morgan fingerprint density at radius 1 is 1.42 bits per heavy atom. The van der Waals surface area contributed by atoms with Crippen molar-refractivity contribution in [2.24, 2.45) is 0 Å². The SMILES string of the molecule is CCCCCOc1ccc2c(c1)[C@H](CC(=O)O)CC2. The molecule has 0 amide bonds. The number of aliphatic carboxylic acids is 1. The zero-order chi connectivity index (χ0) is 13.7. The number of ether oxygens (including phenoxy) is 1. The zero-order valence-electron chi connectivity index (χ0n) is 11.5. The predicted molar refractivity (Wildman–Crippen MR) is 74.8 cm³/mol. The van der Waals surface area contributed by atoms with Crippen LogP contribution in [0.5, 0.6) is 5.75 Å². The van der Waals surface area contributed by atoms with Gasteiger partial charge in [0.15, 0.2) is 0 Å². The molecule has 0 fully saturated rings. The quantitative estimate of drug-likeness (QED) is 0.761. The molecule has 1 aromatic rings. The molecule has 1 aromatic carbocycles. The Labute approximate surface area is 114 Å². The van der Waals surface area contributed by atoms with E-state index in [9.17, 15) is 4.79 Å². The lowest BCUT2D eigenvalue weighted by atomic mass is 9.98. The van der Waals surface area contributed by atoms with Gasteiger partial charge in [-0.1, -0.05) is 25.8 Å². The first-order valence-electron chi connectivity index (χ1n) is 7.18. The molecule has 0 radical (unpaired) electrons. The number of aryl methyl sites for hydroxylation is 1. The second kappa shape index (κ2) is 6.60. The van der Waals surface area contributed by atoms with Gasteiger partial charge in [-0.15, -0.1) is 0 Å². The summed E-state index contributed by atoms with van der Waals surface area (Å²) in [6.45, 7) is 2.92. The van der Waals surface area contributed by atoms with Crippen LogP contribution in [0.2, 0.25) is 0 Å². The van der Waals surface area contributed by atoms with E-state index in [0.29, 0.717) is 0 Å². The maximum absolute atomic E-state index is 10.9. The van der Waals surface area contributed by atoms with Gasteiger partial charge < -0.3 is 9.84 Å². The van der Waals surface area contributed by atoms with Gasteiger partial charge in [0.1, 0.15) is 5.75 Å². The zero-order valence-corrected chi connectivity index (χ0v) is 11.5. The summed E-state index contributed by atoms with van der Waals surface area (Å²) in [6, 6.07) is 6.14. The van der Waals surface area contributed by atoms with Crippen molar-refractivity contribution in [1.82, 2.24) is 0 Å². The highest BCUT2D eigenvalue weighted by atomic mass is 16.5. The molecule has 0 saturated heterocycles. The van der Waals surface area contributed by atoms with Crippen molar-refractivity contribution in [3.63, 3.8) is 0 Å². The average molecular weight is 262 g/mol. The molecule has 0 unspecified atom stereocenters. The van der Waals surface area contributed by atoms with Gasteiger partial charge in [-0.3, -0.25) is 4.79 Å². The molecule has 1 aliphatic rings. The van der Waals surface area contributed by atoms with Gasteiger partial charge in [0.05, 0.1) is 13.0 Å². The molecular weight excluding hydrogens is 240 g/mol. The second-order valence-electron chi connectivity index (χ2n) is 5.25. The minimum absolute atomic E-state index is 0.159. The van der Waals surface area contributed by atoms with Crippen LogP contribution in [0, 0.1) is 0 Å². The maximum Gasteiger partial charge on any atom is 0.303 e. The molecule has 3 heteroatoms. The van der Waals surface area contributed by atoms with Crippen LogP contribution in [0.15, 0.2) is 18.2 Å². The smallest absolute Gasteiger partial charge is 0.303 e. The van der Waals surface area contributed by atoms with Gasteiger partial charge in [0.2, 0.25) is 0 Å². The number of hydrogen-bond donors (Lipinski definition) is 1. The largest absolute Gasteiger partial charge is 0.494 e. The minimum atomic E-state index is -0.716. The number of hydrogen-bond acceptors (Lipinski definition) is 2. The van der Waals surface area contributed by atoms with Crippen molar-refractivity contribution in [3.8, 4) is 5.75 Å². The standard InChI is InChI=1S/C16H22O3/c1-2-3-4-9-19-14-8-7-12-5-6-13(10-16(17)18)15(12)11-14/h7-8,11,13H,2-6,9-10H2,1H3,(H,17,18)/t13-/m0/s1. The summed E-state index contributed by atoms with van der Waals surface area (Å²) in [5.74, 6) is 0.325. The number of fused-ring (bicyclic) bond motifs is 1. The van der Waals surface area contributed by atoms with Crippen LogP contribution >= 0.6 is 0 Å². The molecule has 0 heterocycles. The lowest BCUT2D eigenvalue weighted by Gasteiger charge is -2.11. The summed E-state index contributed by atoms with van der Waals surface area (Å²) >= 11 is 0. The summed E-state index contributed by atoms with van der Waals surface area (Å²) in [7, 11) is 0. The molecule has 1 N–H and O–H groups in total. The Balaban J connectivity index is 1.99. The third-order valence-corrected chi connectivity index (χ3v) is 3.76. The van der Waals surface area contributed by atoms with Gasteiger partial charge >= 0.3 is 5.97 Å². The molecular formula is C16H22O3. The maximum atomic E-state index is 10.9. The molecule has 0 aliphatic heterocycles. The first-order chi connectivity index (χ1) is 9.20. The number of carboxylic acid groups (broad SMARTS) is 1. The van der Waals surface area contributed by atoms with Crippen LogP contribution in [0.3, 0.4) is 0 Å². The number of carbonyl (C=O) groups is 1. The minimum Gasteiger partial charge on any atom is -0.494 e. The van der Waals surface area contributed by atoms with Crippen LogP contribution in [-0.2, 0) is 11.2 Å². The molecule has 0 saturated carbocycles. The Bertz CT molecular complexity index is 440. The summed E-state index contributed by atoms with van der Waals surface area (Å²) < 4.78 is 5.74. The van der Waals surface area contributed by atoms with Crippen LogP contribution in [0.4, 0.5) is 0 Å². The van der Waals surface area contributed by atoms with E-state index in [4.69, 9.17) is 9.84 Å². The number of carboxylic acids is 1. The van der Waals surface area contributed by atoms with Gasteiger partial charge in [-0.25, -0.2) is 0 Å². The summed E-state index contributed by atoms with van der Waals surface area (Å²) in [6.07, 6.45) is 5.61. The van der Waals surface area contributed by atoms with Crippen molar-refractivity contribution >= 4 is 5.97 Å². The van der Waals surface area contributed by atoms with Crippen molar-refractivity contribution in [1.29, 1.82) is 0 Å². The van der Waals surface area contributed by atoms with E-state index in [1.807, 2.05) is 12.1 Å². The molecule has 2 rings (SSSR count). The number of unbranched alkanes of at least 4 members (excludes halogenated alkanes) is 2. The predicted octanol–water partition coefficient (Wildman–Crippen LogP) is 3.76. The second-order valence-corrected chi connectivity index (χ2v) is 5.25. The Hall–Kier alpha value is -1.51. The Morgan fingerprint density at radius 3 is 3.00 bits per heavy atom. The van der Waals surface area contributed by atoms with Crippen LogP contribution in [0.25, 0.3) is 0 Å². The average Bonchev–Trinajstić information content (AvgIpc) is 2.77. The molecule has 3 nitrogen and oxygen atoms in total. The van der Waals surface area contributed by atoms with Gasteiger partial charge in [0, 0.05) is 0 Å². The van der Waals surface area contributed by atoms with Crippen molar-refractivity contribution in [2.45, 2.75) is 51.4 Å². The lowest BCUT2D eigenvalue weighted by Crippen LogP contribution is -2.04. The fraction of sp³-hybridized carbons (Fsp3) is 0.562. The molecule has 1 aliphatic carbocycles. The van der Waals surface area contributed by atoms with Crippen molar-refractivity contribution < 1.29 is 14.6 Å². The summed E-state index contributed by atoms with van der Waals surface area (Å²) in [5.41, 5.74) is 2.46. The van der Waals surface area contributed by atoms with E-state index in [-0.39, 0.29) is 12.3 Å². The van der Waals surface area contributed by atoms with E-state index in [2.05, 4.69) is 13.0 Å². The Kier molecular flexibility index (Phi) is 4.83. The van der Waals surface area contributed by atoms with E-state index in [0.717, 1.165) is 31.6 Å². The van der Waals surface area contributed by atoms with E-state index >= 15 is 0 Å². The van der Waals surface area contributed by atoms with E-state index in [1.54, 1.807) is 0 Å². The fourth-order valence-corrected chi connectivity index (χ4v) is 2.72. The topological polar surface area (TPSA) is 46.5 Å². The molecule has 19 heavy (non-hydrogen) atoms. The van der Waals surface area contributed by atoms with Crippen LogP contribution in [0.1, 0.15) is 56.1 Å². The van der Waals surface area contributed by atoms with Crippen LogP contribution < -0.4 is 4.74 Å². The molecule has 0 bridgehead atoms. The highest BCUT2D eigenvalue weighted by Crippen LogP contribution is 2.37. The van der Waals surface area contributed by atoms with Gasteiger partial charge in [-0.05, 0) is 48.4 Å².